The van der Waals surface area contributed by atoms with Gasteiger partial charge in [0.2, 0.25) is 0 Å². The summed E-state index contributed by atoms with van der Waals surface area (Å²) in [5.41, 5.74) is 0.849. The van der Waals surface area contributed by atoms with E-state index in [9.17, 15) is 13.2 Å². The number of nitrogens with one attached hydrogen (secondary N) is 1. The van der Waals surface area contributed by atoms with Crippen LogP contribution in [0.25, 0.3) is 0 Å². The quantitative estimate of drug-likeness (QED) is 0.708. The Kier molecular flexibility index (Phi) is 2.19. The Morgan fingerprint density at radius 3 is 2.64 bits per heavy atom. The van der Waals surface area contributed by atoms with Crippen LogP contribution < -0.4 is 5.32 Å². The van der Waals surface area contributed by atoms with Crippen LogP contribution in [0.5, 0.6) is 0 Å². The van der Waals surface area contributed by atoms with Crippen molar-refractivity contribution in [2.75, 3.05) is 5.75 Å². The maximum atomic E-state index is 11.1. The Hall–Kier alpha value is -1.10. The summed E-state index contributed by atoms with van der Waals surface area (Å²) in [6, 6.07) is -0.169. The second-order valence-corrected chi connectivity index (χ2v) is 5.48. The molecule has 0 saturated heterocycles. The lowest BCUT2D eigenvalue weighted by Gasteiger charge is -2.11. The molecule has 0 aromatic heterocycles. The Balaban J connectivity index is 1.98. The number of carbonyl (C=O) groups excluding carboxylic acids is 1. The van der Waals surface area contributed by atoms with Gasteiger partial charge >= 0.3 is 0 Å². The average Bonchev–Trinajstić information content (AvgIpc) is 2.59. The first kappa shape index (κ1) is 9.45. The van der Waals surface area contributed by atoms with Crippen LogP contribution >= 0.6 is 0 Å². The fraction of sp³-hybridized carbons (Fsp3) is 0.444. The molecule has 0 aromatic rings. The SMILES string of the molecule is O=C1C=C(NC2C=CS(=O)(=O)C2)CC1. The van der Waals surface area contributed by atoms with E-state index in [4.69, 9.17) is 0 Å². The summed E-state index contributed by atoms with van der Waals surface area (Å²) in [4.78, 5) is 10.9. The molecule has 1 aliphatic carbocycles. The van der Waals surface area contributed by atoms with Crippen molar-refractivity contribution in [3.05, 3.63) is 23.3 Å². The van der Waals surface area contributed by atoms with Crippen molar-refractivity contribution in [2.45, 2.75) is 18.9 Å². The molecule has 1 unspecified atom stereocenters. The third kappa shape index (κ3) is 2.04. The van der Waals surface area contributed by atoms with E-state index in [2.05, 4.69) is 5.32 Å². The number of carbonyl (C=O) groups is 1. The molecule has 14 heavy (non-hydrogen) atoms. The third-order valence-corrected chi connectivity index (χ3v) is 3.67. The molecular formula is C9H11NO3S. The highest BCUT2D eigenvalue weighted by molar-refractivity contribution is 7.94. The fourth-order valence-corrected chi connectivity index (χ4v) is 2.85. The largest absolute Gasteiger partial charge is 0.381 e. The van der Waals surface area contributed by atoms with Crippen molar-refractivity contribution < 1.29 is 13.2 Å². The number of hydrogen-bond acceptors (Lipinski definition) is 4. The van der Waals surface area contributed by atoms with E-state index in [0.717, 1.165) is 5.70 Å². The fourth-order valence-electron chi connectivity index (χ4n) is 1.61. The van der Waals surface area contributed by atoms with Gasteiger partial charge in [0.15, 0.2) is 15.6 Å². The number of allylic oxidation sites excluding steroid dienone is 2. The molecule has 1 heterocycles. The molecule has 0 aromatic carbocycles. The van der Waals surface area contributed by atoms with Crippen molar-refractivity contribution in [2.24, 2.45) is 0 Å². The molecule has 0 bridgehead atoms. The van der Waals surface area contributed by atoms with Crippen molar-refractivity contribution in [3.63, 3.8) is 0 Å². The Bertz CT molecular complexity index is 419. The minimum Gasteiger partial charge on any atom is -0.381 e. The van der Waals surface area contributed by atoms with Gasteiger partial charge in [0.1, 0.15) is 0 Å². The Morgan fingerprint density at radius 2 is 2.14 bits per heavy atom. The number of sulfone groups is 1. The maximum absolute atomic E-state index is 11.1. The minimum absolute atomic E-state index is 0.0958. The first-order valence-electron chi connectivity index (χ1n) is 4.46. The van der Waals surface area contributed by atoms with Gasteiger partial charge in [-0.1, -0.05) is 6.08 Å². The molecule has 76 valence electrons. The standard InChI is InChI=1S/C9H11NO3S/c11-9-2-1-7(5-9)10-8-3-4-14(12,13)6-8/h3-5,8,10H,1-2,6H2. The number of hydrogen-bond donors (Lipinski definition) is 1. The first-order valence-corrected chi connectivity index (χ1v) is 6.18. The van der Waals surface area contributed by atoms with Crippen LogP contribution in [0.15, 0.2) is 23.3 Å². The number of rotatable bonds is 2. The van der Waals surface area contributed by atoms with Gasteiger partial charge in [-0.15, -0.1) is 0 Å². The predicted molar refractivity (Wildman–Crippen MR) is 52.2 cm³/mol. The molecular weight excluding hydrogens is 202 g/mol. The van der Waals surface area contributed by atoms with E-state index in [1.54, 1.807) is 12.2 Å². The van der Waals surface area contributed by atoms with Gasteiger partial charge in [-0.2, -0.15) is 0 Å². The van der Waals surface area contributed by atoms with Gasteiger partial charge in [-0.3, -0.25) is 4.79 Å². The van der Waals surface area contributed by atoms with Crippen LogP contribution in [-0.2, 0) is 14.6 Å². The van der Waals surface area contributed by atoms with Crippen LogP contribution in [0, 0.1) is 0 Å². The summed E-state index contributed by atoms with van der Waals surface area (Å²) in [7, 11) is -3.01. The zero-order valence-electron chi connectivity index (χ0n) is 7.56. The first-order chi connectivity index (χ1) is 6.55. The Labute approximate surface area is 82.6 Å². The van der Waals surface area contributed by atoms with Crippen molar-refractivity contribution in [3.8, 4) is 0 Å². The normalized spacial score (nSPS) is 29.3. The molecule has 2 aliphatic rings. The van der Waals surface area contributed by atoms with Crippen LogP contribution in [0.1, 0.15) is 12.8 Å². The van der Waals surface area contributed by atoms with Gasteiger partial charge in [0.05, 0.1) is 11.8 Å². The summed E-state index contributed by atoms with van der Waals surface area (Å²) >= 11 is 0. The van der Waals surface area contributed by atoms with Crippen LogP contribution in [0.4, 0.5) is 0 Å². The molecule has 4 nitrogen and oxygen atoms in total. The van der Waals surface area contributed by atoms with Crippen molar-refractivity contribution >= 4 is 15.6 Å². The summed E-state index contributed by atoms with van der Waals surface area (Å²) in [5.74, 6) is 0.204. The van der Waals surface area contributed by atoms with Crippen molar-refractivity contribution in [1.82, 2.24) is 5.32 Å². The van der Waals surface area contributed by atoms with Gasteiger partial charge < -0.3 is 5.32 Å². The highest BCUT2D eigenvalue weighted by atomic mass is 32.2. The second-order valence-electron chi connectivity index (χ2n) is 3.54. The summed E-state index contributed by atoms with van der Waals surface area (Å²) in [6.07, 6.45) is 4.41. The van der Waals surface area contributed by atoms with E-state index in [-0.39, 0.29) is 17.6 Å². The van der Waals surface area contributed by atoms with Gasteiger partial charge in [-0.05, 0) is 6.42 Å². The smallest absolute Gasteiger partial charge is 0.173 e. The molecule has 5 heteroatoms. The molecule has 1 atom stereocenters. The maximum Gasteiger partial charge on any atom is 0.173 e. The average molecular weight is 213 g/mol. The highest BCUT2D eigenvalue weighted by Crippen LogP contribution is 2.15. The van der Waals surface area contributed by atoms with E-state index in [1.807, 2.05) is 0 Å². The predicted octanol–water partition coefficient (Wildman–Crippen LogP) is 0.133. The van der Waals surface area contributed by atoms with Crippen LogP contribution in [-0.4, -0.2) is 26.0 Å². The topological polar surface area (TPSA) is 63.2 Å². The molecule has 0 fully saturated rings. The lowest BCUT2D eigenvalue weighted by Crippen LogP contribution is -2.28. The lowest BCUT2D eigenvalue weighted by molar-refractivity contribution is -0.114. The molecule has 0 spiro atoms. The molecule has 0 amide bonds. The van der Waals surface area contributed by atoms with Crippen molar-refractivity contribution in [1.29, 1.82) is 0 Å². The van der Waals surface area contributed by atoms with Crippen LogP contribution in [0.2, 0.25) is 0 Å². The third-order valence-electron chi connectivity index (χ3n) is 2.28. The van der Waals surface area contributed by atoms with E-state index >= 15 is 0 Å². The molecule has 2 rings (SSSR count). The highest BCUT2D eigenvalue weighted by Gasteiger charge is 2.23. The Morgan fingerprint density at radius 1 is 1.36 bits per heavy atom. The van der Waals surface area contributed by atoms with Crippen LogP contribution in [0.3, 0.4) is 0 Å². The molecule has 0 saturated carbocycles. The second kappa shape index (κ2) is 3.24. The van der Waals surface area contributed by atoms with Gasteiger partial charge in [0.25, 0.3) is 0 Å². The summed E-state index contributed by atoms with van der Waals surface area (Å²) in [6.45, 7) is 0. The molecule has 1 aliphatic heterocycles. The number of ketones is 1. The van der Waals surface area contributed by atoms with Gasteiger partial charge in [-0.25, -0.2) is 8.42 Å². The van der Waals surface area contributed by atoms with E-state index in [0.29, 0.717) is 12.8 Å². The monoisotopic (exact) mass is 213 g/mol. The van der Waals surface area contributed by atoms with E-state index in [1.165, 1.54) is 5.41 Å². The zero-order chi connectivity index (χ0) is 10.2. The molecule has 0 radical (unpaired) electrons. The van der Waals surface area contributed by atoms with Gasteiger partial charge in [0, 0.05) is 23.6 Å². The lowest BCUT2D eigenvalue weighted by atomic mass is 10.3. The molecule has 1 N–H and O–H groups in total. The van der Waals surface area contributed by atoms with E-state index < -0.39 is 9.84 Å². The summed E-state index contributed by atoms with van der Waals surface area (Å²) in [5, 5.41) is 4.26. The summed E-state index contributed by atoms with van der Waals surface area (Å²) < 4.78 is 22.1. The minimum atomic E-state index is -3.01. The zero-order valence-corrected chi connectivity index (χ0v) is 8.38.